The maximum absolute atomic E-state index is 13.8. The molecule has 1 atom stereocenters. The number of hydrogen-bond donors (Lipinski definition) is 0. The Bertz CT molecular complexity index is 656. The van der Waals surface area contributed by atoms with Gasteiger partial charge in [0.2, 0.25) is 0 Å². The van der Waals surface area contributed by atoms with Gasteiger partial charge in [0, 0.05) is 19.2 Å². The largest absolute Gasteiger partial charge is 0.327 e. The van der Waals surface area contributed by atoms with E-state index >= 15 is 0 Å². The highest BCUT2D eigenvalue weighted by Crippen LogP contribution is 2.27. The molecule has 114 valence electrons. The van der Waals surface area contributed by atoms with Gasteiger partial charge in [-0.3, -0.25) is 0 Å². The Kier molecular flexibility index (Phi) is 4.38. The minimum atomic E-state index is -0.410. The zero-order valence-electron chi connectivity index (χ0n) is 12.0. The van der Waals surface area contributed by atoms with Gasteiger partial charge >= 0.3 is 0 Å². The zero-order valence-corrected chi connectivity index (χ0v) is 13.5. The number of piperidine rings is 1. The molecule has 3 rings (SSSR count). The van der Waals surface area contributed by atoms with Crippen molar-refractivity contribution >= 4 is 34.2 Å². The minimum Gasteiger partial charge on any atom is -0.327 e. The third kappa shape index (κ3) is 3.03. The molecule has 0 amide bonds. The quantitative estimate of drug-likeness (QED) is 0.796. The van der Waals surface area contributed by atoms with E-state index in [9.17, 15) is 4.39 Å². The lowest BCUT2D eigenvalue weighted by Gasteiger charge is -2.30. The second-order valence-electron chi connectivity index (χ2n) is 5.80. The van der Waals surface area contributed by atoms with E-state index < -0.39 is 5.82 Å². The van der Waals surface area contributed by atoms with Crippen LogP contribution in [0.1, 0.15) is 18.7 Å². The van der Waals surface area contributed by atoms with Crippen LogP contribution in [0.25, 0.3) is 11.0 Å². The number of aromatic nitrogens is 2. The smallest absolute Gasteiger partial charge is 0.144 e. The van der Waals surface area contributed by atoms with Crippen molar-refractivity contribution in [3.63, 3.8) is 0 Å². The van der Waals surface area contributed by atoms with Crippen LogP contribution in [0.4, 0.5) is 4.39 Å². The summed E-state index contributed by atoms with van der Waals surface area (Å²) in [6.45, 7) is 3.02. The van der Waals surface area contributed by atoms with Crippen LogP contribution in [0.3, 0.4) is 0 Å². The maximum Gasteiger partial charge on any atom is 0.144 e. The molecular formula is C15H18Cl2FN3. The molecule has 2 heterocycles. The molecule has 21 heavy (non-hydrogen) atoms. The molecule has 6 heteroatoms. The standard InChI is InChI=1S/C15H18Cl2FN3/c1-20-4-2-3-10(8-20)9-21-14-6-12(18)11(17)5-13(14)19-15(21)7-16/h5-6,10H,2-4,7-9H2,1H3. The van der Waals surface area contributed by atoms with Crippen LogP contribution in [0, 0.1) is 11.7 Å². The Morgan fingerprint density at radius 2 is 2.24 bits per heavy atom. The Labute approximate surface area is 133 Å². The first-order chi connectivity index (χ1) is 10.1. The Morgan fingerprint density at radius 1 is 1.43 bits per heavy atom. The molecule has 1 aliphatic heterocycles. The summed E-state index contributed by atoms with van der Waals surface area (Å²) in [6.07, 6.45) is 2.38. The van der Waals surface area contributed by atoms with Crippen LogP contribution in [-0.2, 0) is 12.4 Å². The van der Waals surface area contributed by atoms with Gasteiger partial charge in [0.05, 0.1) is 21.9 Å². The fourth-order valence-corrected chi connectivity index (χ4v) is 3.52. The van der Waals surface area contributed by atoms with Gasteiger partial charge in [-0.05, 0) is 38.4 Å². The molecule has 1 fully saturated rings. The molecule has 0 bridgehead atoms. The molecule has 0 N–H and O–H groups in total. The molecule has 0 spiro atoms. The van der Waals surface area contributed by atoms with Crippen LogP contribution in [-0.4, -0.2) is 34.6 Å². The molecule has 1 unspecified atom stereocenters. The highest BCUT2D eigenvalue weighted by molar-refractivity contribution is 6.31. The molecule has 1 aliphatic rings. The monoisotopic (exact) mass is 329 g/mol. The zero-order chi connectivity index (χ0) is 15.0. The Hall–Kier alpha value is -0.840. The molecule has 1 aromatic carbocycles. The van der Waals surface area contributed by atoms with Crippen molar-refractivity contribution in [2.45, 2.75) is 25.3 Å². The van der Waals surface area contributed by atoms with Gasteiger partial charge < -0.3 is 9.47 Å². The van der Waals surface area contributed by atoms with Crippen molar-refractivity contribution in [2.24, 2.45) is 5.92 Å². The number of hydrogen-bond acceptors (Lipinski definition) is 2. The Morgan fingerprint density at radius 3 is 2.95 bits per heavy atom. The summed E-state index contributed by atoms with van der Waals surface area (Å²) in [4.78, 5) is 6.82. The van der Waals surface area contributed by atoms with E-state index in [1.807, 2.05) is 4.57 Å². The Balaban J connectivity index is 1.97. The lowest BCUT2D eigenvalue weighted by molar-refractivity contribution is 0.195. The fraction of sp³-hybridized carbons (Fsp3) is 0.533. The van der Waals surface area contributed by atoms with E-state index in [1.54, 1.807) is 6.07 Å². The summed E-state index contributed by atoms with van der Waals surface area (Å²) < 4.78 is 15.8. The second-order valence-corrected chi connectivity index (χ2v) is 6.47. The predicted molar refractivity (Wildman–Crippen MR) is 84.5 cm³/mol. The summed E-state index contributed by atoms with van der Waals surface area (Å²) in [5, 5.41) is 0.102. The van der Waals surface area contributed by atoms with Gasteiger partial charge in [-0.25, -0.2) is 9.37 Å². The molecular weight excluding hydrogens is 312 g/mol. The van der Waals surface area contributed by atoms with Crippen LogP contribution in [0.5, 0.6) is 0 Å². The summed E-state index contributed by atoms with van der Waals surface area (Å²) in [6, 6.07) is 3.04. The van der Waals surface area contributed by atoms with Crippen LogP contribution in [0.15, 0.2) is 12.1 Å². The predicted octanol–water partition coefficient (Wildman–Crippen LogP) is 3.91. The number of rotatable bonds is 3. The molecule has 0 aliphatic carbocycles. The lowest BCUT2D eigenvalue weighted by Crippen LogP contribution is -2.34. The van der Waals surface area contributed by atoms with Gasteiger partial charge in [-0.2, -0.15) is 0 Å². The number of alkyl halides is 1. The van der Waals surface area contributed by atoms with E-state index in [2.05, 4.69) is 16.9 Å². The molecule has 3 nitrogen and oxygen atoms in total. The van der Waals surface area contributed by atoms with Gasteiger partial charge in [0.15, 0.2) is 0 Å². The van der Waals surface area contributed by atoms with Gasteiger partial charge in [-0.1, -0.05) is 11.6 Å². The minimum absolute atomic E-state index is 0.102. The average Bonchev–Trinajstić information content (AvgIpc) is 2.77. The van der Waals surface area contributed by atoms with Gasteiger partial charge in [0.25, 0.3) is 0 Å². The maximum atomic E-state index is 13.8. The van der Waals surface area contributed by atoms with Gasteiger partial charge in [-0.15, -0.1) is 11.6 Å². The molecule has 0 radical (unpaired) electrons. The van der Waals surface area contributed by atoms with Crippen molar-refractivity contribution in [3.8, 4) is 0 Å². The van der Waals surface area contributed by atoms with E-state index in [0.717, 1.165) is 31.0 Å². The highest BCUT2D eigenvalue weighted by atomic mass is 35.5. The SMILES string of the molecule is CN1CCCC(Cn2c(CCl)nc3cc(Cl)c(F)cc32)C1. The number of nitrogens with zero attached hydrogens (tertiary/aromatic N) is 3. The lowest BCUT2D eigenvalue weighted by atomic mass is 9.98. The van der Waals surface area contributed by atoms with Crippen molar-refractivity contribution < 1.29 is 4.39 Å². The molecule has 1 saturated heterocycles. The van der Waals surface area contributed by atoms with Crippen molar-refractivity contribution in [1.29, 1.82) is 0 Å². The second kappa shape index (κ2) is 6.11. The molecule has 1 aromatic heterocycles. The van der Waals surface area contributed by atoms with E-state index in [-0.39, 0.29) is 5.02 Å². The van der Waals surface area contributed by atoms with E-state index in [1.165, 1.54) is 18.9 Å². The van der Waals surface area contributed by atoms with Gasteiger partial charge in [0.1, 0.15) is 11.6 Å². The first kappa shape index (κ1) is 15.1. The number of imidazole rings is 1. The first-order valence-corrected chi connectivity index (χ1v) is 8.08. The van der Waals surface area contributed by atoms with Crippen LogP contribution >= 0.6 is 23.2 Å². The summed E-state index contributed by atoms with van der Waals surface area (Å²) in [5.74, 6) is 1.23. The molecule has 2 aromatic rings. The van der Waals surface area contributed by atoms with E-state index in [4.69, 9.17) is 23.2 Å². The third-order valence-corrected chi connectivity index (χ3v) is 4.68. The number of halogens is 3. The number of fused-ring (bicyclic) bond motifs is 1. The first-order valence-electron chi connectivity index (χ1n) is 7.17. The topological polar surface area (TPSA) is 21.1 Å². The van der Waals surface area contributed by atoms with E-state index in [0.29, 0.717) is 17.3 Å². The summed E-state index contributed by atoms with van der Waals surface area (Å²) in [7, 11) is 2.14. The van der Waals surface area contributed by atoms with Crippen molar-refractivity contribution in [3.05, 3.63) is 28.8 Å². The number of likely N-dealkylation sites (tertiary alicyclic amines) is 1. The summed E-state index contributed by atoms with van der Waals surface area (Å²) >= 11 is 11.8. The number of benzene rings is 1. The van der Waals surface area contributed by atoms with Crippen LogP contribution in [0.2, 0.25) is 5.02 Å². The molecule has 0 saturated carbocycles. The summed E-state index contributed by atoms with van der Waals surface area (Å²) in [5.41, 5.74) is 1.49. The van der Waals surface area contributed by atoms with Crippen molar-refractivity contribution in [2.75, 3.05) is 20.1 Å². The highest BCUT2D eigenvalue weighted by Gasteiger charge is 2.21. The third-order valence-electron chi connectivity index (χ3n) is 4.15. The fourth-order valence-electron chi connectivity index (χ4n) is 3.16. The van der Waals surface area contributed by atoms with Crippen molar-refractivity contribution in [1.82, 2.24) is 14.5 Å². The average molecular weight is 330 g/mol. The normalized spacial score (nSPS) is 20.3. The van der Waals surface area contributed by atoms with Crippen LogP contribution < -0.4 is 0 Å².